The fourth-order valence-corrected chi connectivity index (χ4v) is 2.32. The van der Waals surface area contributed by atoms with Crippen molar-refractivity contribution in [2.24, 2.45) is 5.73 Å². The molecule has 0 spiro atoms. The molecule has 1 heterocycles. The summed E-state index contributed by atoms with van der Waals surface area (Å²) in [6, 6.07) is 4.58. The molecule has 0 aliphatic carbocycles. The Morgan fingerprint density at radius 1 is 1.53 bits per heavy atom. The number of nitro benzene ring substituents is 1. The first-order chi connectivity index (χ1) is 8.99. The topological polar surface area (TPSA) is 89.5 Å². The molecule has 1 saturated heterocycles. The van der Waals surface area contributed by atoms with E-state index in [0.29, 0.717) is 24.2 Å². The number of hydrogen-bond donors (Lipinski definition) is 1. The lowest BCUT2D eigenvalue weighted by atomic mass is 10.0. The third-order valence-electron chi connectivity index (χ3n) is 3.40. The van der Waals surface area contributed by atoms with Crippen molar-refractivity contribution in [1.82, 2.24) is 4.90 Å². The fraction of sp³-hybridized carbons (Fsp3) is 0.462. The Kier molecular flexibility index (Phi) is 3.80. The average molecular weight is 263 g/mol. The highest BCUT2D eigenvalue weighted by molar-refractivity contribution is 5.95. The number of nitrogens with two attached hydrogens (primary N) is 1. The highest BCUT2D eigenvalue weighted by Gasteiger charge is 2.24. The van der Waals surface area contributed by atoms with Crippen molar-refractivity contribution >= 4 is 11.6 Å². The Balaban J connectivity index is 2.24. The van der Waals surface area contributed by atoms with E-state index < -0.39 is 4.92 Å². The minimum Gasteiger partial charge on any atom is -0.337 e. The van der Waals surface area contributed by atoms with E-state index >= 15 is 0 Å². The van der Waals surface area contributed by atoms with E-state index in [4.69, 9.17) is 5.73 Å². The number of carbonyl (C=O) groups is 1. The van der Waals surface area contributed by atoms with Crippen molar-refractivity contribution in [1.29, 1.82) is 0 Å². The van der Waals surface area contributed by atoms with E-state index in [1.807, 2.05) is 0 Å². The molecule has 102 valence electrons. The fourth-order valence-electron chi connectivity index (χ4n) is 2.32. The molecule has 1 atom stereocenters. The Hall–Kier alpha value is -1.95. The van der Waals surface area contributed by atoms with Crippen LogP contribution in [0.3, 0.4) is 0 Å². The monoisotopic (exact) mass is 263 g/mol. The van der Waals surface area contributed by atoms with E-state index in [-0.39, 0.29) is 17.6 Å². The van der Waals surface area contributed by atoms with Crippen LogP contribution >= 0.6 is 0 Å². The summed E-state index contributed by atoms with van der Waals surface area (Å²) < 4.78 is 0. The summed E-state index contributed by atoms with van der Waals surface area (Å²) in [5.74, 6) is -0.182. The Labute approximate surface area is 111 Å². The van der Waals surface area contributed by atoms with Gasteiger partial charge in [0.25, 0.3) is 11.6 Å². The highest BCUT2D eigenvalue weighted by Crippen LogP contribution is 2.21. The number of hydrogen-bond acceptors (Lipinski definition) is 4. The van der Waals surface area contributed by atoms with Gasteiger partial charge in [0, 0.05) is 36.3 Å². The maximum atomic E-state index is 12.3. The maximum absolute atomic E-state index is 12.3. The Morgan fingerprint density at radius 2 is 2.26 bits per heavy atom. The van der Waals surface area contributed by atoms with Crippen LogP contribution in [-0.4, -0.2) is 34.9 Å². The van der Waals surface area contributed by atoms with Gasteiger partial charge in [-0.3, -0.25) is 14.9 Å². The summed E-state index contributed by atoms with van der Waals surface area (Å²) in [4.78, 5) is 24.4. The molecule has 1 aliphatic rings. The number of piperidine rings is 1. The predicted octanol–water partition coefficient (Wildman–Crippen LogP) is 1.47. The van der Waals surface area contributed by atoms with Gasteiger partial charge in [-0.1, -0.05) is 6.07 Å². The molecule has 19 heavy (non-hydrogen) atoms. The first-order valence-corrected chi connectivity index (χ1v) is 6.29. The van der Waals surface area contributed by atoms with Gasteiger partial charge >= 0.3 is 0 Å². The number of aryl methyl sites for hydroxylation is 1. The van der Waals surface area contributed by atoms with Gasteiger partial charge in [-0.15, -0.1) is 0 Å². The van der Waals surface area contributed by atoms with E-state index in [2.05, 4.69) is 0 Å². The second-order valence-corrected chi connectivity index (χ2v) is 4.91. The summed E-state index contributed by atoms with van der Waals surface area (Å²) in [6.07, 6.45) is 1.79. The van der Waals surface area contributed by atoms with E-state index in [0.717, 1.165) is 12.8 Å². The first-order valence-electron chi connectivity index (χ1n) is 6.29. The average Bonchev–Trinajstić information content (AvgIpc) is 2.38. The van der Waals surface area contributed by atoms with Crippen LogP contribution in [0, 0.1) is 17.0 Å². The number of nitrogens with zero attached hydrogens (tertiary/aromatic N) is 2. The van der Waals surface area contributed by atoms with Crippen LogP contribution < -0.4 is 5.73 Å². The van der Waals surface area contributed by atoms with Crippen molar-refractivity contribution in [2.75, 3.05) is 13.1 Å². The summed E-state index contributed by atoms with van der Waals surface area (Å²) >= 11 is 0. The van der Waals surface area contributed by atoms with Gasteiger partial charge in [0.1, 0.15) is 0 Å². The molecule has 1 aromatic carbocycles. The van der Waals surface area contributed by atoms with Crippen LogP contribution in [0.2, 0.25) is 0 Å². The molecule has 1 aromatic rings. The number of amides is 1. The summed E-state index contributed by atoms with van der Waals surface area (Å²) in [6.45, 7) is 2.83. The largest absolute Gasteiger partial charge is 0.337 e. The molecule has 0 aromatic heterocycles. The molecule has 6 nitrogen and oxygen atoms in total. The zero-order valence-corrected chi connectivity index (χ0v) is 10.8. The van der Waals surface area contributed by atoms with Crippen molar-refractivity contribution in [3.63, 3.8) is 0 Å². The van der Waals surface area contributed by atoms with Gasteiger partial charge in [-0.2, -0.15) is 0 Å². The number of likely N-dealkylation sites (tertiary alicyclic amines) is 1. The first kappa shape index (κ1) is 13.5. The van der Waals surface area contributed by atoms with E-state index in [1.165, 1.54) is 6.07 Å². The van der Waals surface area contributed by atoms with Crippen molar-refractivity contribution < 1.29 is 9.72 Å². The van der Waals surface area contributed by atoms with Gasteiger partial charge in [0.15, 0.2) is 0 Å². The third-order valence-corrected chi connectivity index (χ3v) is 3.40. The molecular formula is C13H17N3O3. The second-order valence-electron chi connectivity index (χ2n) is 4.91. The van der Waals surface area contributed by atoms with Gasteiger partial charge in [0.05, 0.1) is 4.92 Å². The Morgan fingerprint density at radius 3 is 2.89 bits per heavy atom. The van der Waals surface area contributed by atoms with Crippen molar-refractivity contribution in [3.8, 4) is 0 Å². The maximum Gasteiger partial charge on any atom is 0.273 e. The number of carbonyl (C=O) groups excluding carboxylic acids is 1. The van der Waals surface area contributed by atoms with E-state index in [1.54, 1.807) is 24.0 Å². The minimum absolute atomic E-state index is 0.00173. The molecule has 2 rings (SSSR count). The van der Waals surface area contributed by atoms with Crippen LogP contribution in [0.4, 0.5) is 5.69 Å². The molecule has 0 saturated carbocycles. The number of nitro groups is 1. The van der Waals surface area contributed by atoms with Crippen LogP contribution in [0.25, 0.3) is 0 Å². The van der Waals surface area contributed by atoms with Crippen LogP contribution in [0.1, 0.15) is 28.8 Å². The van der Waals surface area contributed by atoms with E-state index in [9.17, 15) is 14.9 Å². The zero-order chi connectivity index (χ0) is 14.0. The molecule has 1 aliphatic heterocycles. The molecule has 1 amide bonds. The zero-order valence-electron chi connectivity index (χ0n) is 10.8. The standard InChI is InChI=1S/C13H17N3O3/c1-9-4-5-10(7-12(9)16(18)19)13(17)15-6-2-3-11(14)8-15/h4-5,7,11H,2-3,6,8,14H2,1H3. The molecule has 6 heteroatoms. The molecular weight excluding hydrogens is 246 g/mol. The van der Waals surface area contributed by atoms with Crippen LogP contribution in [0.5, 0.6) is 0 Å². The van der Waals surface area contributed by atoms with Crippen molar-refractivity contribution in [2.45, 2.75) is 25.8 Å². The normalized spacial score (nSPS) is 19.3. The lowest BCUT2D eigenvalue weighted by molar-refractivity contribution is -0.385. The Bertz CT molecular complexity index is 516. The van der Waals surface area contributed by atoms with Gasteiger partial charge in [-0.05, 0) is 25.8 Å². The molecule has 0 bridgehead atoms. The SMILES string of the molecule is Cc1ccc(C(=O)N2CCCC(N)C2)cc1[N+](=O)[O-]. The van der Waals surface area contributed by atoms with Gasteiger partial charge in [-0.25, -0.2) is 0 Å². The third kappa shape index (κ3) is 2.90. The summed E-state index contributed by atoms with van der Waals surface area (Å²) in [5.41, 5.74) is 6.73. The van der Waals surface area contributed by atoms with Gasteiger partial charge < -0.3 is 10.6 Å². The quantitative estimate of drug-likeness (QED) is 0.646. The lowest BCUT2D eigenvalue weighted by Crippen LogP contribution is -2.45. The summed E-state index contributed by atoms with van der Waals surface area (Å²) in [7, 11) is 0. The van der Waals surface area contributed by atoms with Crippen molar-refractivity contribution in [3.05, 3.63) is 39.4 Å². The highest BCUT2D eigenvalue weighted by atomic mass is 16.6. The summed E-state index contributed by atoms with van der Waals surface area (Å²) in [5, 5.41) is 10.9. The smallest absolute Gasteiger partial charge is 0.273 e. The van der Waals surface area contributed by atoms with Crippen LogP contribution in [-0.2, 0) is 0 Å². The minimum atomic E-state index is -0.464. The molecule has 0 radical (unpaired) electrons. The van der Waals surface area contributed by atoms with Gasteiger partial charge in [0.2, 0.25) is 0 Å². The number of rotatable bonds is 2. The second kappa shape index (κ2) is 5.36. The molecule has 1 unspecified atom stereocenters. The lowest BCUT2D eigenvalue weighted by Gasteiger charge is -2.30. The predicted molar refractivity (Wildman–Crippen MR) is 70.9 cm³/mol. The molecule has 1 fully saturated rings. The number of benzene rings is 1. The molecule has 2 N–H and O–H groups in total. The van der Waals surface area contributed by atoms with Crippen LogP contribution in [0.15, 0.2) is 18.2 Å².